The molecule has 0 bridgehead atoms. The number of oxime groups is 1. The molecule has 1 aromatic carbocycles. The smallest absolute Gasteiger partial charge is 0.504 e. The van der Waals surface area contributed by atoms with Crippen LogP contribution in [0.3, 0.4) is 0 Å². The standard InChI is InChI=1S/C28H26N8O13S2/c1-28(2,25(43)44)49-35-15(12-8-51-26(29)33-12)20(40)34-18-21(41)36-22(48-27(45)46)9(7-50-23(18)36)6-30-19(39)16-17(24(42)47-3)32-11-5-14(38)13(37)4-10(11)31-16/h4-5,8,18,23,37-38H,6-7H2,1-3H3,(H2,29,33)(H,30,39)(H,34,40)(H,43,44)(H,45,46)/b35-15-/t18?,23-/m0/s1. The topological polar surface area (TPSA) is 315 Å². The number of nitrogens with zero attached hydrogens (tertiary/aromatic N) is 5. The highest BCUT2D eigenvalue weighted by Gasteiger charge is 2.54. The van der Waals surface area contributed by atoms with Gasteiger partial charge in [-0.3, -0.25) is 19.3 Å². The third-order valence-corrected chi connectivity index (χ3v) is 9.15. The van der Waals surface area contributed by atoms with Crippen molar-refractivity contribution in [2.45, 2.75) is 30.9 Å². The van der Waals surface area contributed by atoms with Crippen LogP contribution in [0.25, 0.3) is 11.0 Å². The van der Waals surface area contributed by atoms with Gasteiger partial charge in [-0.2, -0.15) is 0 Å². The zero-order valence-electron chi connectivity index (χ0n) is 26.4. The van der Waals surface area contributed by atoms with Crippen LogP contribution in [0.4, 0.5) is 9.93 Å². The van der Waals surface area contributed by atoms with Crippen molar-refractivity contribution in [2.75, 3.05) is 25.1 Å². The summed E-state index contributed by atoms with van der Waals surface area (Å²) in [5.41, 5.74) is 2.25. The lowest BCUT2D eigenvalue weighted by molar-refractivity contribution is -0.161. The minimum absolute atomic E-state index is 0.0242. The molecule has 0 aliphatic carbocycles. The first-order valence-electron chi connectivity index (χ1n) is 14.2. The SMILES string of the molecule is COC(=O)c1nc2cc(O)c(O)cc2nc1C(=O)NCC1=C(OC(=O)O)N2C(=O)C(NC(=O)/C(=N\OC(C)(C)C(=O)O)c3csc(N)n3)[C@@H]2SC1. The first-order valence-corrected chi connectivity index (χ1v) is 16.1. The van der Waals surface area contributed by atoms with E-state index in [1.165, 1.54) is 19.2 Å². The number of hydrogen-bond acceptors (Lipinski definition) is 18. The van der Waals surface area contributed by atoms with Crippen molar-refractivity contribution in [1.82, 2.24) is 30.5 Å². The Morgan fingerprint density at radius 1 is 1.08 bits per heavy atom. The highest BCUT2D eigenvalue weighted by Crippen LogP contribution is 2.40. The molecule has 1 fully saturated rings. The van der Waals surface area contributed by atoms with E-state index >= 15 is 0 Å². The number of amides is 3. The Balaban J connectivity index is 1.37. The summed E-state index contributed by atoms with van der Waals surface area (Å²) in [5, 5.41) is 47.6. The predicted molar refractivity (Wildman–Crippen MR) is 174 cm³/mol. The summed E-state index contributed by atoms with van der Waals surface area (Å²) in [6, 6.07) is 0.800. The van der Waals surface area contributed by atoms with Gasteiger partial charge < -0.3 is 51.1 Å². The van der Waals surface area contributed by atoms with Gasteiger partial charge in [-0.15, -0.1) is 23.1 Å². The lowest BCUT2D eigenvalue weighted by Gasteiger charge is -2.49. The van der Waals surface area contributed by atoms with E-state index in [1.807, 2.05) is 0 Å². The Hall–Kier alpha value is -6.23. The van der Waals surface area contributed by atoms with Crippen LogP contribution >= 0.6 is 23.1 Å². The number of methoxy groups -OCH3 is 1. The number of esters is 1. The summed E-state index contributed by atoms with van der Waals surface area (Å²) in [7, 11) is 1.04. The number of phenols is 2. The maximum Gasteiger partial charge on any atom is 0.512 e. The molecule has 21 nitrogen and oxygen atoms in total. The van der Waals surface area contributed by atoms with E-state index in [0.717, 1.165) is 47.2 Å². The van der Waals surface area contributed by atoms with Crippen LogP contribution in [0, 0.1) is 0 Å². The van der Waals surface area contributed by atoms with Crippen molar-refractivity contribution >= 4 is 80.8 Å². The Labute approximate surface area is 293 Å². The highest BCUT2D eigenvalue weighted by atomic mass is 32.2. The number of fused-ring (bicyclic) bond motifs is 2. The van der Waals surface area contributed by atoms with Crippen molar-refractivity contribution < 1.29 is 63.5 Å². The van der Waals surface area contributed by atoms with Crippen LogP contribution in [-0.4, -0.2) is 118 Å². The number of β-lactam (4-membered cyclic amide) rings is 1. The van der Waals surface area contributed by atoms with Crippen LogP contribution in [-0.2, 0) is 28.7 Å². The third kappa shape index (κ3) is 7.23. The minimum Gasteiger partial charge on any atom is -0.504 e. The number of carbonyl (C=O) groups is 6. The van der Waals surface area contributed by atoms with Crippen molar-refractivity contribution in [3.63, 3.8) is 0 Å². The number of anilines is 1. The normalized spacial score (nSPS) is 17.3. The average Bonchev–Trinajstić information content (AvgIpc) is 3.50. The van der Waals surface area contributed by atoms with Gasteiger partial charge in [-0.05, 0) is 13.8 Å². The van der Waals surface area contributed by atoms with Crippen LogP contribution in [0.1, 0.15) is 40.5 Å². The van der Waals surface area contributed by atoms with Crippen molar-refractivity contribution in [3.8, 4) is 11.5 Å². The number of rotatable bonds is 11. The number of thiazole rings is 1. The lowest BCUT2D eigenvalue weighted by atomic mass is 10.1. The Kier molecular flexibility index (Phi) is 9.86. The number of nitrogens with one attached hydrogen (secondary N) is 2. The molecule has 3 amide bonds. The monoisotopic (exact) mass is 746 g/mol. The number of aliphatic carboxylic acids is 1. The number of hydrogen-bond donors (Lipinski definition) is 7. The molecule has 5 rings (SSSR count). The van der Waals surface area contributed by atoms with Gasteiger partial charge in [0.25, 0.3) is 17.7 Å². The quantitative estimate of drug-likeness (QED) is 0.0452. The molecule has 1 saturated heterocycles. The van der Waals surface area contributed by atoms with E-state index in [9.17, 15) is 49.2 Å². The van der Waals surface area contributed by atoms with E-state index in [2.05, 4.69) is 30.7 Å². The maximum atomic E-state index is 13.3. The lowest BCUT2D eigenvalue weighted by Crippen LogP contribution is -2.70. The van der Waals surface area contributed by atoms with Gasteiger partial charge in [0.05, 0.1) is 18.1 Å². The summed E-state index contributed by atoms with van der Waals surface area (Å²) in [5.74, 6) is -6.77. The van der Waals surface area contributed by atoms with Crippen LogP contribution in [0.5, 0.6) is 11.5 Å². The number of aromatic hydroxyl groups is 2. The van der Waals surface area contributed by atoms with Crippen molar-refractivity contribution in [3.05, 3.63) is 46.1 Å². The molecule has 2 atom stereocenters. The van der Waals surface area contributed by atoms with Gasteiger partial charge in [0.2, 0.25) is 11.5 Å². The number of ether oxygens (including phenoxy) is 2. The fraction of sp³-hybridized carbons (Fsp3) is 0.286. The van der Waals surface area contributed by atoms with Gasteiger partial charge in [0, 0.05) is 35.4 Å². The van der Waals surface area contributed by atoms with Gasteiger partial charge in [-0.25, -0.2) is 29.3 Å². The summed E-state index contributed by atoms with van der Waals surface area (Å²) < 4.78 is 9.62. The molecule has 2 aromatic heterocycles. The number of nitrogens with two attached hydrogens (primary N) is 1. The molecule has 0 spiro atoms. The number of nitrogen functional groups attached to an aromatic ring is 1. The molecule has 268 valence electrons. The summed E-state index contributed by atoms with van der Waals surface area (Å²) in [6.45, 7) is 1.97. The molecular weight excluding hydrogens is 720 g/mol. The summed E-state index contributed by atoms with van der Waals surface area (Å²) in [6.07, 6.45) is -1.79. The molecule has 0 radical (unpaired) electrons. The second-order valence-corrected chi connectivity index (χ2v) is 13.0. The second-order valence-electron chi connectivity index (χ2n) is 11.0. The summed E-state index contributed by atoms with van der Waals surface area (Å²) >= 11 is 2.04. The Bertz CT molecular complexity index is 2060. The molecule has 4 heterocycles. The molecule has 23 heteroatoms. The molecular formula is C28H26N8O13S2. The molecule has 2 aliphatic heterocycles. The van der Waals surface area contributed by atoms with Crippen molar-refractivity contribution in [1.29, 1.82) is 0 Å². The number of carboxylic acids is 1. The molecule has 2 aliphatic rings. The second kappa shape index (κ2) is 13.9. The number of benzene rings is 1. The maximum absolute atomic E-state index is 13.3. The zero-order chi connectivity index (χ0) is 37.4. The first kappa shape index (κ1) is 36.1. The largest absolute Gasteiger partial charge is 0.512 e. The first-order chi connectivity index (χ1) is 24.0. The number of thioether (sulfide) groups is 1. The van der Waals surface area contributed by atoms with Crippen molar-refractivity contribution in [2.24, 2.45) is 5.16 Å². The summed E-state index contributed by atoms with van der Waals surface area (Å²) in [4.78, 5) is 93.6. The fourth-order valence-electron chi connectivity index (χ4n) is 4.49. The number of carboxylic acid groups (broad SMARTS) is 2. The number of carbonyl (C=O) groups excluding carboxylic acids is 4. The van der Waals surface area contributed by atoms with Gasteiger partial charge in [0.1, 0.15) is 17.1 Å². The van der Waals surface area contributed by atoms with E-state index in [-0.39, 0.29) is 33.2 Å². The van der Waals surface area contributed by atoms with Crippen LogP contribution in [0.2, 0.25) is 0 Å². The number of aromatic nitrogens is 3. The third-order valence-electron chi connectivity index (χ3n) is 7.14. The van der Waals surface area contributed by atoms with Gasteiger partial charge >= 0.3 is 18.1 Å². The Morgan fingerprint density at radius 3 is 2.29 bits per heavy atom. The molecule has 8 N–H and O–H groups in total. The molecule has 51 heavy (non-hydrogen) atoms. The molecule has 3 aromatic rings. The molecule has 0 saturated carbocycles. The van der Waals surface area contributed by atoms with E-state index in [0.29, 0.717) is 0 Å². The van der Waals surface area contributed by atoms with Crippen LogP contribution in [0.15, 0.2) is 34.1 Å². The zero-order valence-corrected chi connectivity index (χ0v) is 28.0. The van der Waals surface area contributed by atoms with E-state index in [4.69, 9.17) is 20.0 Å². The van der Waals surface area contributed by atoms with E-state index in [1.54, 1.807) is 0 Å². The average molecular weight is 747 g/mol. The fourth-order valence-corrected chi connectivity index (χ4v) is 6.36. The minimum atomic E-state index is -1.84. The highest BCUT2D eigenvalue weighted by molar-refractivity contribution is 8.00. The Morgan fingerprint density at radius 2 is 1.73 bits per heavy atom. The molecule has 1 unspecified atom stereocenters. The number of phenolic OH excluding ortho intramolecular Hbond substituents is 2. The van der Waals surface area contributed by atoms with Crippen LogP contribution < -0.4 is 16.4 Å². The van der Waals surface area contributed by atoms with E-state index < -0.39 is 93.9 Å². The van der Waals surface area contributed by atoms with Gasteiger partial charge in [0.15, 0.2) is 33.7 Å². The van der Waals surface area contributed by atoms with Gasteiger partial charge in [-0.1, -0.05) is 5.16 Å². The predicted octanol–water partition coefficient (Wildman–Crippen LogP) is 0.186.